The van der Waals surface area contributed by atoms with Gasteiger partial charge in [-0.15, -0.1) is 0 Å². The molecule has 3 rings (SSSR count). The highest BCUT2D eigenvalue weighted by Crippen LogP contribution is 2.25. The Kier molecular flexibility index (Phi) is 4.82. The van der Waals surface area contributed by atoms with Crippen LogP contribution in [0, 0.1) is 0 Å². The van der Waals surface area contributed by atoms with E-state index in [4.69, 9.17) is 0 Å². The van der Waals surface area contributed by atoms with E-state index in [-0.39, 0.29) is 29.3 Å². The number of ether oxygens (including phenoxy) is 1. The summed E-state index contributed by atoms with van der Waals surface area (Å²) in [4.78, 5) is 27.7. The molecule has 0 aliphatic carbocycles. The van der Waals surface area contributed by atoms with Gasteiger partial charge in [-0.3, -0.25) is 4.79 Å². The van der Waals surface area contributed by atoms with Crippen molar-refractivity contribution >= 4 is 11.9 Å². The maximum Gasteiger partial charge on any atom is 0.387 e. The molecule has 0 unspecified atom stereocenters. The summed E-state index contributed by atoms with van der Waals surface area (Å²) in [5, 5.41) is 2.77. The van der Waals surface area contributed by atoms with E-state index in [1.54, 1.807) is 21.9 Å². The molecule has 6 nitrogen and oxygen atoms in total. The smallest absolute Gasteiger partial charge is 0.387 e. The molecule has 0 bridgehead atoms. The monoisotopic (exact) mass is 339 g/mol. The van der Waals surface area contributed by atoms with Gasteiger partial charge >= 0.3 is 12.6 Å². The number of urea groups is 1. The van der Waals surface area contributed by atoms with Crippen LogP contribution in [0.5, 0.6) is 5.75 Å². The minimum absolute atomic E-state index is 0.0598. The Balaban J connectivity index is 1.64. The molecule has 2 fully saturated rings. The molecule has 2 aliphatic heterocycles. The summed E-state index contributed by atoms with van der Waals surface area (Å²) in [6, 6.07) is 6.07. The summed E-state index contributed by atoms with van der Waals surface area (Å²) in [6.45, 7) is -0.677. The third kappa shape index (κ3) is 3.42. The summed E-state index contributed by atoms with van der Waals surface area (Å²) >= 11 is 0. The van der Waals surface area contributed by atoms with Crippen LogP contribution in [0.25, 0.3) is 0 Å². The molecule has 2 saturated heterocycles. The van der Waals surface area contributed by atoms with Crippen LogP contribution in [0.4, 0.5) is 13.6 Å². The molecular weight excluding hydrogens is 320 g/mol. The van der Waals surface area contributed by atoms with E-state index in [9.17, 15) is 18.4 Å². The van der Waals surface area contributed by atoms with Crippen molar-refractivity contribution < 1.29 is 23.1 Å². The predicted octanol–water partition coefficient (Wildman–Crippen LogP) is 1.92. The van der Waals surface area contributed by atoms with Crippen molar-refractivity contribution in [1.29, 1.82) is 0 Å². The number of alkyl halides is 2. The Hall–Kier alpha value is -2.38. The number of halogens is 2. The SMILES string of the molecule is O=C(c1ccccc1OC(F)F)N1CCC(N2CCNC2=O)CC1. The molecule has 1 N–H and O–H groups in total. The molecule has 0 spiro atoms. The number of nitrogens with one attached hydrogen (secondary N) is 1. The van der Waals surface area contributed by atoms with Crippen molar-refractivity contribution in [2.24, 2.45) is 0 Å². The van der Waals surface area contributed by atoms with Gasteiger partial charge in [-0.05, 0) is 25.0 Å². The van der Waals surface area contributed by atoms with Crippen molar-refractivity contribution in [1.82, 2.24) is 15.1 Å². The fourth-order valence-corrected chi connectivity index (χ4v) is 3.23. The zero-order valence-corrected chi connectivity index (χ0v) is 13.1. The summed E-state index contributed by atoms with van der Waals surface area (Å²) < 4.78 is 29.4. The number of carbonyl (C=O) groups excluding carboxylic acids is 2. The van der Waals surface area contributed by atoms with E-state index < -0.39 is 6.61 Å². The van der Waals surface area contributed by atoms with Crippen LogP contribution in [0.3, 0.4) is 0 Å². The normalized spacial score (nSPS) is 18.9. The highest BCUT2D eigenvalue weighted by molar-refractivity contribution is 5.97. The van der Waals surface area contributed by atoms with Crippen molar-refractivity contribution in [2.45, 2.75) is 25.5 Å². The van der Waals surface area contributed by atoms with Crippen molar-refractivity contribution in [3.63, 3.8) is 0 Å². The maximum absolute atomic E-state index is 12.6. The van der Waals surface area contributed by atoms with E-state index in [1.165, 1.54) is 12.1 Å². The first kappa shape index (κ1) is 16.5. The number of likely N-dealkylation sites (tertiary alicyclic amines) is 1. The molecule has 0 aromatic heterocycles. The van der Waals surface area contributed by atoms with Gasteiger partial charge in [0.15, 0.2) is 0 Å². The number of para-hydroxylation sites is 1. The number of nitrogens with zero attached hydrogens (tertiary/aromatic N) is 2. The van der Waals surface area contributed by atoms with Crippen LogP contribution in [-0.4, -0.2) is 60.6 Å². The summed E-state index contributed by atoms with van der Waals surface area (Å²) in [6.07, 6.45) is 1.36. The second kappa shape index (κ2) is 7.02. The van der Waals surface area contributed by atoms with Gasteiger partial charge in [0, 0.05) is 32.2 Å². The lowest BCUT2D eigenvalue weighted by Gasteiger charge is -2.36. The van der Waals surface area contributed by atoms with E-state index in [2.05, 4.69) is 10.1 Å². The minimum Gasteiger partial charge on any atom is -0.434 e. The number of amides is 3. The van der Waals surface area contributed by atoms with E-state index in [0.717, 1.165) is 0 Å². The van der Waals surface area contributed by atoms with Crippen LogP contribution in [0.2, 0.25) is 0 Å². The molecular formula is C16H19F2N3O3. The van der Waals surface area contributed by atoms with Crippen molar-refractivity contribution in [2.75, 3.05) is 26.2 Å². The molecule has 0 atom stereocenters. The zero-order valence-electron chi connectivity index (χ0n) is 13.1. The third-order valence-electron chi connectivity index (χ3n) is 4.42. The quantitative estimate of drug-likeness (QED) is 0.912. The topological polar surface area (TPSA) is 61.9 Å². The lowest BCUT2D eigenvalue weighted by Crippen LogP contribution is -2.47. The maximum atomic E-state index is 12.6. The van der Waals surface area contributed by atoms with Crippen LogP contribution in [0.15, 0.2) is 24.3 Å². The van der Waals surface area contributed by atoms with Crippen LogP contribution in [-0.2, 0) is 0 Å². The number of hydrogen-bond donors (Lipinski definition) is 1. The van der Waals surface area contributed by atoms with Gasteiger partial charge in [0.1, 0.15) is 5.75 Å². The van der Waals surface area contributed by atoms with Gasteiger partial charge in [-0.2, -0.15) is 8.78 Å². The number of rotatable bonds is 4. The average Bonchev–Trinajstić information content (AvgIpc) is 3.00. The first-order valence-electron chi connectivity index (χ1n) is 7.94. The standard InChI is InChI=1S/C16H19F2N3O3/c17-15(18)24-13-4-2-1-3-12(13)14(22)20-8-5-11(6-9-20)21-10-7-19-16(21)23/h1-4,11,15H,5-10H2,(H,19,23). The lowest BCUT2D eigenvalue weighted by molar-refractivity contribution is -0.0503. The van der Waals surface area contributed by atoms with Gasteiger partial charge in [0.2, 0.25) is 0 Å². The Morgan fingerprint density at radius 3 is 2.54 bits per heavy atom. The Labute approximate surface area is 138 Å². The average molecular weight is 339 g/mol. The van der Waals surface area contributed by atoms with Gasteiger partial charge < -0.3 is 19.9 Å². The summed E-state index contributed by atoms with van der Waals surface area (Å²) in [5.74, 6) is -0.436. The molecule has 8 heteroatoms. The van der Waals surface area contributed by atoms with Crippen molar-refractivity contribution in [3.05, 3.63) is 29.8 Å². The Bertz CT molecular complexity index is 618. The minimum atomic E-state index is -2.97. The number of carbonyl (C=O) groups is 2. The second-order valence-electron chi connectivity index (χ2n) is 5.82. The zero-order chi connectivity index (χ0) is 17.1. The first-order chi connectivity index (χ1) is 11.6. The molecule has 130 valence electrons. The lowest BCUT2D eigenvalue weighted by atomic mass is 10.0. The number of benzene rings is 1. The molecule has 3 amide bonds. The Morgan fingerprint density at radius 1 is 1.21 bits per heavy atom. The molecule has 0 saturated carbocycles. The van der Waals surface area contributed by atoms with Gasteiger partial charge in [-0.25, -0.2) is 4.79 Å². The highest BCUT2D eigenvalue weighted by Gasteiger charge is 2.32. The van der Waals surface area contributed by atoms with Crippen LogP contribution >= 0.6 is 0 Å². The molecule has 2 aliphatic rings. The predicted molar refractivity (Wildman–Crippen MR) is 82.1 cm³/mol. The van der Waals surface area contributed by atoms with Gasteiger partial charge in [0.25, 0.3) is 5.91 Å². The molecule has 1 aromatic rings. The van der Waals surface area contributed by atoms with Gasteiger partial charge in [0.05, 0.1) is 5.56 Å². The summed E-state index contributed by atoms with van der Waals surface area (Å²) in [5.41, 5.74) is 0.134. The van der Waals surface area contributed by atoms with Gasteiger partial charge in [-0.1, -0.05) is 12.1 Å². The fraction of sp³-hybridized carbons (Fsp3) is 0.500. The Morgan fingerprint density at radius 2 is 1.92 bits per heavy atom. The van der Waals surface area contributed by atoms with E-state index in [0.29, 0.717) is 39.0 Å². The van der Waals surface area contributed by atoms with E-state index >= 15 is 0 Å². The summed E-state index contributed by atoms with van der Waals surface area (Å²) in [7, 11) is 0. The highest BCUT2D eigenvalue weighted by atomic mass is 19.3. The second-order valence-corrected chi connectivity index (χ2v) is 5.82. The number of piperidine rings is 1. The molecule has 24 heavy (non-hydrogen) atoms. The first-order valence-corrected chi connectivity index (χ1v) is 7.94. The molecule has 2 heterocycles. The van der Waals surface area contributed by atoms with E-state index in [1.807, 2.05) is 0 Å². The fourth-order valence-electron chi connectivity index (χ4n) is 3.23. The van der Waals surface area contributed by atoms with Crippen LogP contribution < -0.4 is 10.1 Å². The van der Waals surface area contributed by atoms with Crippen molar-refractivity contribution in [3.8, 4) is 5.75 Å². The molecule has 1 aromatic carbocycles. The third-order valence-corrected chi connectivity index (χ3v) is 4.42. The largest absolute Gasteiger partial charge is 0.434 e. The number of hydrogen-bond acceptors (Lipinski definition) is 3. The molecule has 0 radical (unpaired) electrons. The van der Waals surface area contributed by atoms with Crippen LogP contribution in [0.1, 0.15) is 23.2 Å².